The summed E-state index contributed by atoms with van der Waals surface area (Å²) in [5.74, 6) is 1.03. The molecule has 1 aliphatic carbocycles. The first-order valence-electron chi connectivity index (χ1n) is 7.60. The molecule has 2 nitrogen and oxygen atoms in total. The summed E-state index contributed by atoms with van der Waals surface area (Å²) in [6, 6.07) is 4.19. The van der Waals surface area contributed by atoms with Crippen molar-refractivity contribution in [1.29, 1.82) is 0 Å². The first kappa shape index (κ1) is 14.0. The van der Waals surface area contributed by atoms with Crippen molar-refractivity contribution >= 4 is 11.6 Å². The normalized spacial score (nSPS) is 19.2. The molecule has 1 atom stereocenters. The Bertz CT molecular complexity index is 524. The maximum absolute atomic E-state index is 6.34. The number of benzene rings is 1. The second-order valence-electron chi connectivity index (χ2n) is 5.93. The van der Waals surface area contributed by atoms with Crippen molar-refractivity contribution in [3.63, 3.8) is 0 Å². The molecular formula is C17H22ClNO. The zero-order valence-corrected chi connectivity index (χ0v) is 12.6. The van der Waals surface area contributed by atoms with Gasteiger partial charge in [-0.1, -0.05) is 23.3 Å². The summed E-state index contributed by atoms with van der Waals surface area (Å²) in [6.07, 6.45) is 10.3. The van der Waals surface area contributed by atoms with Crippen molar-refractivity contribution in [2.75, 3.05) is 6.61 Å². The van der Waals surface area contributed by atoms with E-state index in [1.165, 1.54) is 42.4 Å². The molecule has 20 heavy (non-hydrogen) atoms. The van der Waals surface area contributed by atoms with Crippen LogP contribution in [0.25, 0.3) is 0 Å². The SMILES string of the molecule is NC(CC1=CCCCC1)Cc1cc(Cl)cc2c1OCC2. The van der Waals surface area contributed by atoms with Crippen molar-refractivity contribution < 1.29 is 4.74 Å². The number of allylic oxidation sites excluding steroid dienone is 1. The summed E-state index contributed by atoms with van der Waals surface area (Å²) in [4.78, 5) is 0. The van der Waals surface area contributed by atoms with E-state index in [9.17, 15) is 0 Å². The Morgan fingerprint density at radius 1 is 1.20 bits per heavy atom. The fourth-order valence-corrected chi connectivity index (χ4v) is 3.54. The Hall–Kier alpha value is -0.990. The van der Waals surface area contributed by atoms with Crippen LogP contribution in [-0.4, -0.2) is 12.6 Å². The predicted octanol–water partition coefficient (Wildman–Crippen LogP) is 4.04. The highest BCUT2D eigenvalue weighted by Crippen LogP contribution is 2.34. The van der Waals surface area contributed by atoms with Gasteiger partial charge in [0, 0.05) is 17.5 Å². The summed E-state index contributed by atoms with van der Waals surface area (Å²) in [7, 11) is 0. The average molecular weight is 292 g/mol. The molecule has 0 saturated carbocycles. The molecule has 1 heterocycles. The third kappa shape index (κ3) is 3.18. The monoisotopic (exact) mass is 291 g/mol. The van der Waals surface area contributed by atoms with E-state index in [0.717, 1.165) is 36.6 Å². The van der Waals surface area contributed by atoms with E-state index in [0.29, 0.717) is 0 Å². The molecule has 3 heteroatoms. The summed E-state index contributed by atoms with van der Waals surface area (Å²) in [5, 5.41) is 0.799. The fourth-order valence-electron chi connectivity index (χ4n) is 3.28. The lowest BCUT2D eigenvalue weighted by Gasteiger charge is -2.18. The van der Waals surface area contributed by atoms with Crippen LogP contribution in [0.15, 0.2) is 23.8 Å². The van der Waals surface area contributed by atoms with Crippen LogP contribution in [0.3, 0.4) is 0 Å². The molecule has 0 radical (unpaired) electrons. The average Bonchev–Trinajstić information content (AvgIpc) is 2.88. The summed E-state index contributed by atoms with van der Waals surface area (Å²) >= 11 is 6.20. The number of hydrogen-bond acceptors (Lipinski definition) is 2. The second-order valence-corrected chi connectivity index (χ2v) is 6.36. The highest BCUT2D eigenvalue weighted by Gasteiger charge is 2.19. The van der Waals surface area contributed by atoms with E-state index in [2.05, 4.69) is 6.08 Å². The maximum atomic E-state index is 6.34. The lowest BCUT2D eigenvalue weighted by Crippen LogP contribution is -2.24. The van der Waals surface area contributed by atoms with Crippen LogP contribution in [-0.2, 0) is 12.8 Å². The van der Waals surface area contributed by atoms with Crippen molar-refractivity contribution in [3.05, 3.63) is 39.9 Å². The molecule has 1 aromatic rings. The summed E-state index contributed by atoms with van der Waals surface area (Å²) < 4.78 is 5.75. The van der Waals surface area contributed by atoms with Crippen LogP contribution >= 0.6 is 11.6 Å². The largest absolute Gasteiger partial charge is 0.493 e. The highest BCUT2D eigenvalue weighted by molar-refractivity contribution is 6.30. The molecule has 0 spiro atoms. The van der Waals surface area contributed by atoms with Crippen molar-refractivity contribution in [3.8, 4) is 5.75 Å². The van der Waals surface area contributed by atoms with Gasteiger partial charge >= 0.3 is 0 Å². The van der Waals surface area contributed by atoms with Crippen LogP contribution < -0.4 is 10.5 Å². The van der Waals surface area contributed by atoms with Gasteiger partial charge in [0.2, 0.25) is 0 Å². The molecule has 1 aromatic carbocycles. The number of nitrogens with two attached hydrogens (primary N) is 1. The van der Waals surface area contributed by atoms with Crippen LogP contribution in [0.4, 0.5) is 0 Å². The highest BCUT2D eigenvalue weighted by atomic mass is 35.5. The first-order chi connectivity index (χ1) is 9.72. The first-order valence-corrected chi connectivity index (χ1v) is 7.98. The van der Waals surface area contributed by atoms with Crippen LogP contribution in [0.5, 0.6) is 5.75 Å². The zero-order valence-electron chi connectivity index (χ0n) is 11.8. The van der Waals surface area contributed by atoms with Gasteiger partial charge in [0.25, 0.3) is 0 Å². The molecule has 1 unspecified atom stereocenters. The molecule has 0 bridgehead atoms. The van der Waals surface area contributed by atoms with Crippen LogP contribution in [0.1, 0.15) is 43.2 Å². The van der Waals surface area contributed by atoms with E-state index in [1.807, 2.05) is 12.1 Å². The van der Waals surface area contributed by atoms with E-state index in [1.54, 1.807) is 0 Å². The molecule has 0 aromatic heterocycles. The van der Waals surface area contributed by atoms with Gasteiger partial charge < -0.3 is 10.5 Å². The molecule has 0 saturated heterocycles. The van der Waals surface area contributed by atoms with Gasteiger partial charge in [0.15, 0.2) is 0 Å². The molecule has 3 rings (SSSR count). The fraction of sp³-hybridized carbons (Fsp3) is 0.529. The molecule has 0 fully saturated rings. The molecule has 1 aliphatic heterocycles. The topological polar surface area (TPSA) is 35.2 Å². The lowest BCUT2D eigenvalue weighted by atomic mass is 9.91. The number of fused-ring (bicyclic) bond motifs is 1. The molecule has 2 N–H and O–H groups in total. The Morgan fingerprint density at radius 3 is 2.90 bits per heavy atom. The van der Waals surface area contributed by atoms with Crippen LogP contribution in [0, 0.1) is 0 Å². The Labute approximate surface area is 126 Å². The molecule has 2 aliphatic rings. The molecule has 108 valence electrons. The minimum atomic E-state index is 0.158. The minimum Gasteiger partial charge on any atom is -0.493 e. The van der Waals surface area contributed by atoms with Crippen molar-refractivity contribution in [2.24, 2.45) is 5.73 Å². The number of ether oxygens (including phenoxy) is 1. The Morgan fingerprint density at radius 2 is 2.10 bits per heavy atom. The standard InChI is InChI=1S/C17H22ClNO/c18-15-9-13-6-7-20-17(13)14(10-15)11-16(19)8-12-4-2-1-3-5-12/h4,9-10,16H,1-3,5-8,11,19H2. The number of halogens is 1. The Balaban J connectivity index is 1.69. The number of rotatable bonds is 4. The van der Waals surface area contributed by atoms with E-state index >= 15 is 0 Å². The van der Waals surface area contributed by atoms with Crippen LogP contribution in [0.2, 0.25) is 5.02 Å². The smallest absolute Gasteiger partial charge is 0.125 e. The van der Waals surface area contributed by atoms with E-state index in [-0.39, 0.29) is 6.04 Å². The van der Waals surface area contributed by atoms with Gasteiger partial charge in [-0.15, -0.1) is 0 Å². The van der Waals surface area contributed by atoms with Crippen molar-refractivity contribution in [1.82, 2.24) is 0 Å². The summed E-state index contributed by atoms with van der Waals surface area (Å²) in [5.41, 5.74) is 10.3. The van der Waals surface area contributed by atoms with E-state index in [4.69, 9.17) is 22.1 Å². The second kappa shape index (κ2) is 6.19. The minimum absolute atomic E-state index is 0.158. The Kier molecular flexibility index (Phi) is 4.32. The van der Waals surface area contributed by atoms with Gasteiger partial charge in [-0.25, -0.2) is 0 Å². The van der Waals surface area contributed by atoms with Gasteiger partial charge in [-0.05, 0) is 61.8 Å². The van der Waals surface area contributed by atoms with Gasteiger partial charge in [0.1, 0.15) is 5.75 Å². The van der Waals surface area contributed by atoms with Crippen molar-refractivity contribution in [2.45, 2.75) is 51.0 Å². The van der Waals surface area contributed by atoms with Gasteiger partial charge in [-0.2, -0.15) is 0 Å². The molecular weight excluding hydrogens is 270 g/mol. The third-order valence-corrected chi connectivity index (χ3v) is 4.44. The van der Waals surface area contributed by atoms with Gasteiger partial charge in [-0.3, -0.25) is 0 Å². The van der Waals surface area contributed by atoms with Gasteiger partial charge in [0.05, 0.1) is 6.61 Å². The molecule has 0 amide bonds. The maximum Gasteiger partial charge on any atom is 0.125 e. The third-order valence-electron chi connectivity index (χ3n) is 4.22. The quantitative estimate of drug-likeness (QED) is 0.850. The summed E-state index contributed by atoms with van der Waals surface area (Å²) in [6.45, 7) is 0.767. The number of hydrogen-bond donors (Lipinski definition) is 1. The zero-order chi connectivity index (χ0) is 13.9. The van der Waals surface area contributed by atoms with E-state index < -0.39 is 0 Å². The predicted molar refractivity (Wildman–Crippen MR) is 83.5 cm³/mol. The lowest BCUT2D eigenvalue weighted by molar-refractivity contribution is 0.352.